The molecule has 0 saturated heterocycles. The van der Waals surface area contributed by atoms with Crippen molar-refractivity contribution < 1.29 is 14.3 Å². The summed E-state index contributed by atoms with van der Waals surface area (Å²) in [5.74, 6) is 1.27. The number of rotatable bonds is 5. The van der Waals surface area contributed by atoms with Gasteiger partial charge in [0.15, 0.2) is 6.61 Å². The molecule has 1 amide bonds. The number of fused-ring (bicyclic) bond motifs is 1. The predicted molar refractivity (Wildman–Crippen MR) is 126 cm³/mol. The Bertz CT molecular complexity index is 1320. The lowest BCUT2D eigenvalue weighted by Gasteiger charge is -2.29. The number of hydrogen-bond donors (Lipinski definition) is 0. The topological polar surface area (TPSA) is 69.5 Å². The number of benzene rings is 3. The van der Waals surface area contributed by atoms with E-state index in [2.05, 4.69) is 10.3 Å². The van der Waals surface area contributed by atoms with Crippen LogP contribution in [-0.2, 0) is 11.3 Å². The van der Waals surface area contributed by atoms with Crippen molar-refractivity contribution in [3.8, 4) is 28.3 Å². The van der Waals surface area contributed by atoms with Gasteiger partial charge >= 0.3 is 0 Å². The number of methoxy groups -OCH3 is 1. The molecule has 166 valence electrons. The number of nitrogens with zero attached hydrogens (tertiary/aromatic N) is 4. The third kappa shape index (κ3) is 4.37. The second kappa shape index (κ2) is 8.77. The summed E-state index contributed by atoms with van der Waals surface area (Å²) >= 11 is 12.2. The third-order valence-corrected chi connectivity index (χ3v) is 5.74. The van der Waals surface area contributed by atoms with E-state index in [0.29, 0.717) is 32.9 Å². The first-order valence-electron chi connectivity index (χ1n) is 10.1. The zero-order chi connectivity index (χ0) is 22.9. The van der Waals surface area contributed by atoms with Gasteiger partial charge in [0.25, 0.3) is 5.91 Å². The molecule has 0 saturated carbocycles. The van der Waals surface area contributed by atoms with Crippen LogP contribution in [0.5, 0.6) is 11.5 Å². The normalized spacial score (nSPS) is 12.9. The van der Waals surface area contributed by atoms with Crippen molar-refractivity contribution in [2.75, 3.05) is 18.6 Å². The van der Waals surface area contributed by atoms with Crippen LogP contribution in [0.3, 0.4) is 0 Å². The fourth-order valence-corrected chi connectivity index (χ4v) is 4.19. The standard InChI is InChI=1S/C24H18Cl2N4O3/c1-32-21-5-2-15(3-6-21)16-4-7-22-23(8-16)33-14-24(31)29(22)12-19-13-30(28-27-19)20-10-17(25)9-18(26)11-20/h2-11,13H,12,14H2,1H3. The summed E-state index contributed by atoms with van der Waals surface area (Å²) in [5, 5.41) is 9.37. The first-order valence-corrected chi connectivity index (χ1v) is 10.8. The van der Waals surface area contributed by atoms with Gasteiger partial charge in [-0.3, -0.25) is 9.69 Å². The quantitative estimate of drug-likeness (QED) is 0.393. The van der Waals surface area contributed by atoms with E-state index in [-0.39, 0.29) is 19.1 Å². The molecule has 33 heavy (non-hydrogen) atoms. The van der Waals surface area contributed by atoms with Gasteiger partial charge in [-0.15, -0.1) is 5.10 Å². The average Bonchev–Trinajstić information content (AvgIpc) is 3.29. The molecular weight excluding hydrogens is 463 g/mol. The summed E-state index contributed by atoms with van der Waals surface area (Å²) in [4.78, 5) is 14.3. The Labute approximate surface area is 200 Å². The Balaban J connectivity index is 1.41. The van der Waals surface area contributed by atoms with Crippen LogP contribution in [0.2, 0.25) is 10.0 Å². The van der Waals surface area contributed by atoms with Gasteiger partial charge in [0.05, 0.1) is 31.2 Å². The van der Waals surface area contributed by atoms with E-state index in [1.54, 1.807) is 41.1 Å². The highest BCUT2D eigenvalue weighted by atomic mass is 35.5. The molecule has 7 nitrogen and oxygen atoms in total. The fraction of sp³-hybridized carbons (Fsp3) is 0.125. The van der Waals surface area contributed by atoms with Crippen LogP contribution in [0, 0.1) is 0 Å². The second-order valence-electron chi connectivity index (χ2n) is 7.46. The Morgan fingerprint density at radius 2 is 1.73 bits per heavy atom. The first-order chi connectivity index (χ1) is 16.0. The molecule has 1 aliphatic heterocycles. The number of anilines is 1. The minimum atomic E-state index is -0.153. The summed E-state index contributed by atoms with van der Waals surface area (Å²) < 4.78 is 12.5. The van der Waals surface area contributed by atoms with Crippen LogP contribution in [-0.4, -0.2) is 34.6 Å². The van der Waals surface area contributed by atoms with Crippen LogP contribution in [0.25, 0.3) is 16.8 Å². The lowest BCUT2D eigenvalue weighted by Crippen LogP contribution is -2.38. The van der Waals surface area contributed by atoms with Crippen molar-refractivity contribution in [3.63, 3.8) is 0 Å². The van der Waals surface area contributed by atoms with E-state index >= 15 is 0 Å². The Kier molecular flexibility index (Phi) is 5.66. The summed E-state index contributed by atoms with van der Waals surface area (Å²) in [6.45, 7) is 0.211. The van der Waals surface area contributed by atoms with Crippen molar-refractivity contribution in [1.82, 2.24) is 15.0 Å². The first kappa shape index (κ1) is 21.3. The van der Waals surface area contributed by atoms with E-state index in [9.17, 15) is 4.79 Å². The molecular formula is C24H18Cl2N4O3. The van der Waals surface area contributed by atoms with Crippen molar-refractivity contribution >= 4 is 34.8 Å². The smallest absolute Gasteiger partial charge is 0.265 e. The Hall–Kier alpha value is -3.55. The van der Waals surface area contributed by atoms with Crippen molar-refractivity contribution in [1.29, 1.82) is 0 Å². The monoisotopic (exact) mass is 480 g/mol. The average molecular weight is 481 g/mol. The maximum Gasteiger partial charge on any atom is 0.265 e. The summed E-state index contributed by atoms with van der Waals surface area (Å²) in [6.07, 6.45) is 1.75. The number of amides is 1. The molecule has 0 unspecified atom stereocenters. The number of halogens is 2. The highest BCUT2D eigenvalue weighted by Gasteiger charge is 2.27. The molecule has 0 fully saturated rings. The number of carbonyl (C=O) groups is 1. The third-order valence-electron chi connectivity index (χ3n) is 5.30. The number of hydrogen-bond acceptors (Lipinski definition) is 5. The maximum absolute atomic E-state index is 12.7. The van der Waals surface area contributed by atoms with E-state index in [0.717, 1.165) is 16.9 Å². The fourth-order valence-electron chi connectivity index (χ4n) is 3.67. The van der Waals surface area contributed by atoms with Crippen LogP contribution < -0.4 is 14.4 Å². The van der Waals surface area contributed by atoms with E-state index < -0.39 is 0 Å². The highest BCUT2D eigenvalue weighted by molar-refractivity contribution is 6.34. The minimum Gasteiger partial charge on any atom is -0.497 e. The molecule has 0 atom stereocenters. The zero-order valence-corrected chi connectivity index (χ0v) is 19.0. The molecule has 0 spiro atoms. The molecule has 0 bridgehead atoms. The van der Waals surface area contributed by atoms with Crippen LogP contribution >= 0.6 is 23.2 Å². The second-order valence-corrected chi connectivity index (χ2v) is 8.33. The molecule has 0 aliphatic carbocycles. The number of ether oxygens (including phenoxy) is 2. The Morgan fingerprint density at radius 1 is 1.00 bits per heavy atom. The molecule has 5 rings (SSSR count). The van der Waals surface area contributed by atoms with Crippen LogP contribution in [0.1, 0.15) is 5.69 Å². The summed E-state index contributed by atoms with van der Waals surface area (Å²) in [6, 6.07) is 18.7. The van der Waals surface area contributed by atoms with Gasteiger partial charge in [-0.1, -0.05) is 46.6 Å². The van der Waals surface area contributed by atoms with Gasteiger partial charge in [0, 0.05) is 10.0 Å². The maximum atomic E-state index is 12.7. The number of carbonyl (C=O) groups excluding carboxylic acids is 1. The zero-order valence-electron chi connectivity index (χ0n) is 17.5. The molecule has 0 radical (unpaired) electrons. The van der Waals surface area contributed by atoms with Gasteiger partial charge in [-0.2, -0.15) is 0 Å². The molecule has 3 aromatic carbocycles. The largest absolute Gasteiger partial charge is 0.497 e. The summed E-state index contributed by atoms with van der Waals surface area (Å²) in [7, 11) is 1.63. The number of aromatic nitrogens is 3. The summed E-state index contributed by atoms with van der Waals surface area (Å²) in [5.41, 5.74) is 3.99. The lowest BCUT2D eigenvalue weighted by atomic mass is 10.0. The van der Waals surface area contributed by atoms with Crippen molar-refractivity contribution in [2.24, 2.45) is 0 Å². The SMILES string of the molecule is COc1ccc(-c2ccc3c(c2)OCC(=O)N3Cc2cn(-c3cc(Cl)cc(Cl)c3)nn2)cc1. The molecule has 9 heteroatoms. The van der Waals surface area contributed by atoms with E-state index in [1.807, 2.05) is 42.5 Å². The lowest BCUT2D eigenvalue weighted by molar-refractivity contribution is -0.121. The van der Waals surface area contributed by atoms with Gasteiger partial charge in [-0.05, 0) is 53.6 Å². The van der Waals surface area contributed by atoms with E-state index in [1.165, 1.54) is 0 Å². The van der Waals surface area contributed by atoms with Crippen molar-refractivity contribution in [3.05, 3.63) is 82.6 Å². The van der Waals surface area contributed by atoms with Gasteiger partial charge in [-0.25, -0.2) is 4.68 Å². The van der Waals surface area contributed by atoms with Gasteiger partial charge in [0.2, 0.25) is 0 Å². The van der Waals surface area contributed by atoms with Crippen molar-refractivity contribution in [2.45, 2.75) is 6.54 Å². The predicted octanol–water partition coefficient (Wildman–Crippen LogP) is 5.18. The minimum absolute atomic E-state index is 0.0445. The molecule has 2 heterocycles. The van der Waals surface area contributed by atoms with Gasteiger partial charge in [0.1, 0.15) is 17.2 Å². The van der Waals surface area contributed by atoms with Crippen LogP contribution in [0.15, 0.2) is 66.9 Å². The van der Waals surface area contributed by atoms with Gasteiger partial charge < -0.3 is 9.47 Å². The molecule has 4 aromatic rings. The molecule has 1 aliphatic rings. The van der Waals surface area contributed by atoms with E-state index in [4.69, 9.17) is 32.7 Å². The molecule has 0 N–H and O–H groups in total. The highest BCUT2D eigenvalue weighted by Crippen LogP contribution is 2.37. The van der Waals surface area contributed by atoms with Crippen LogP contribution in [0.4, 0.5) is 5.69 Å². The Morgan fingerprint density at radius 3 is 2.45 bits per heavy atom. The molecule has 1 aromatic heterocycles.